The summed E-state index contributed by atoms with van der Waals surface area (Å²) in [6.45, 7) is 2.68. The molecule has 1 aromatic heterocycles. The molecule has 126 valence electrons. The number of hydrogen-bond donors (Lipinski definition) is 0. The van der Waals surface area contributed by atoms with E-state index >= 15 is 0 Å². The summed E-state index contributed by atoms with van der Waals surface area (Å²) in [4.78, 5) is 3.94. The molecule has 0 unspecified atom stereocenters. The molecule has 1 aliphatic heterocycles. The SMILES string of the molecule is C[C@H]1CCCCN1S(C)(=O)=O.Clc1cnc(Cl)c2ccccc12. The number of fused-ring (bicyclic) bond motifs is 1. The summed E-state index contributed by atoms with van der Waals surface area (Å²) >= 11 is 11.8. The zero-order valence-electron chi connectivity index (χ0n) is 13.2. The molecular formula is C16H20Cl2N2O2S. The van der Waals surface area contributed by atoms with Crippen molar-refractivity contribution in [3.8, 4) is 0 Å². The van der Waals surface area contributed by atoms with Crippen molar-refractivity contribution in [3.05, 3.63) is 40.6 Å². The highest BCUT2D eigenvalue weighted by atomic mass is 35.5. The van der Waals surface area contributed by atoms with E-state index in [1.807, 2.05) is 31.2 Å². The van der Waals surface area contributed by atoms with Crippen LogP contribution in [0.25, 0.3) is 10.8 Å². The molecule has 2 aromatic rings. The topological polar surface area (TPSA) is 50.3 Å². The summed E-state index contributed by atoms with van der Waals surface area (Å²) < 4.78 is 23.8. The van der Waals surface area contributed by atoms with Gasteiger partial charge in [0, 0.05) is 29.6 Å². The van der Waals surface area contributed by atoms with Gasteiger partial charge in [0.05, 0.1) is 11.3 Å². The highest BCUT2D eigenvalue weighted by molar-refractivity contribution is 7.88. The molecule has 0 bridgehead atoms. The third-order valence-electron chi connectivity index (χ3n) is 3.87. The van der Waals surface area contributed by atoms with E-state index in [-0.39, 0.29) is 6.04 Å². The van der Waals surface area contributed by atoms with E-state index in [4.69, 9.17) is 23.2 Å². The maximum atomic E-state index is 11.1. The normalized spacial score (nSPS) is 19.2. The summed E-state index contributed by atoms with van der Waals surface area (Å²) in [6.07, 6.45) is 6.03. The minimum atomic E-state index is -2.94. The second-order valence-electron chi connectivity index (χ2n) is 5.66. The van der Waals surface area contributed by atoms with E-state index in [1.165, 1.54) is 6.26 Å². The third kappa shape index (κ3) is 4.80. The maximum absolute atomic E-state index is 11.1. The fourth-order valence-electron chi connectivity index (χ4n) is 2.69. The summed E-state index contributed by atoms with van der Waals surface area (Å²) in [5, 5.41) is 2.97. The minimum absolute atomic E-state index is 0.207. The van der Waals surface area contributed by atoms with E-state index in [1.54, 1.807) is 10.5 Å². The monoisotopic (exact) mass is 374 g/mol. The van der Waals surface area contributed by atoms with Crippen molar-refractivity contribution in [1.82, 2.24) is 9.29 Å². The number of benzene rings is 1. The zero-order valence-corrected chi connectivity index (χ0v) is 15.5. The van der Waals surface area contributed by atoms with Gasteiger partial charge in [0.25, 0.3) is 0 Å². The minimum Gasteiger partial charge on any atom is -0.242 e. The number of halogens is 2. The molecule has 7 heteroatoms. The average molecular weight is 375 g/mol. The van der Waals surface area contributed by atoms with Crippen LogP contribution < -0.4 is 0 Å². The standard InChI is InChI=1S/C9H5Cl2N.C7H15NO2S/c10-8-5-12-9(11)7-4-2-1-3-6(7)8;1-7-5-3-4-6-8(7)11(2,9)10/h1-5H;7H,3-6H2,1-2H3/t;7-/m.0/s1. The van der Waals surface area contributed by atoms with Crippen molar-refractivity contribution in [1.29, 1.82) is 0 Å². The van der Waals surface area contributed by atoms with Crippen LogP contribution in [0.2, 0.25) is 10.2 Å². The van der Waals surface area contributed by atoms with Gasteiger partial charge in [-0.2, -0.15) is 4.31 Å². The molecule has 1 fully saturated rings. The van der Waals surface area contributed by atoms with Gasteiger partial charge in [0.2, 0.25) is 10.0 Å². The molecular weight excluding hydrogens is 355 g/mol. The Hall–Kier alpha value is -0.880. The molecule has 1 saturated heterocycles. The van der Waals surface area contributed by atoms with Gasteiger partial charge in [-0.1, -0.05) is 53.9 Å². The predicted molar refractivity (Wildman–Crippen MR) is 96.6 cm³/mol. The summed E-state index contributed by atoms with van der Waals surface area (Å²) in [7, 11) is -2.94. The van der Waals surface area contributed by atoms with E-state index in [9.17, 15) is 8.42 Å². The lowest BCUT2D eigenvalue weighted by atomic mass is 10.1. The molecule has 3 rings (SSSR count). The molecule has 2 heterocycles. The Kier molecular flexibility index (Phi) is 6.26. The lowest BCUT2D eigenvalue weighted by Gasteiger charge is -2.30. The summed E-state index contributed by atoms with van der Waals surface area (Å²) in [5.74, 6) is 0. The quantitative estimate of drug-likeness (QED) is 0.696. The van der Waals surface area contributed by atoms with Crippen LogP contribution in [0.1, 0.15) is 26.2 Å². The van der Waals surface area contributed by atoms with Gasteiger partial charge in [0.1, 0.15) is 5.15 Å². The van der Waals surface area contributed by atoms with Gasteiger partial charge < -0.3 is 0 Å². The van der Waals surface area contributed by atoms with Crippen LogP contribution in [-0.4, -0.2) is 36.5 Å². The van der Waals surface area contributed by atoms with Gasteiger partial charge in [-0.15, -0.1) is 0 Å². The molecule has 1 aromatic carbocycles. The van der Waals surface area contributed by atoms with Crippen molar-refractivity contribution >= 4 is 44.0 Å². The smallest absolute Gasteiger partial charge is 0.211 e. The molecule has 0 radical (unpaired) electrons. The number of rotatable bonds is 1. The van der Waals surface area contributed by atoms with E-state index in [0.717, 1.165) is 30.0 Å². The van der Waals surface area contributed by atoms with Crippen LogP contribution in [0, 0.1) is 0 Å². The van der Waals surface area contributed by atoms with Crippen LogP contribution in [0.15, 0.2) is 30.5 Å². The molecule has 0 spiro atoms. The fourth-order valence-corrected chi connectivity index (χ4v) is 4.34. The Morgan fingerprint density at radius 1 is 1.17 bits per heavy atom. The Morgan fingerprint density at radius 2 is 1.83 bits per heavy atom. The first kappa shape index (κ1) is 18.5. The number of nitrogens with zero attached hydrogens (tertiary/aromatic N) is 2. The summed E-state index contributed by atoms with van der Waals surface area (Å²) in [5.41, 5.74) is 0. The maximum Gasteiger partial charge on any atom is 0.211 e. The molecule has 1 atom stereocenters. The highest BCUT2D eigenvalue weighted by Crippen LogP contribution is 2.26. The van der Waals surface area contributed by atoms with Crippen molar-refractivity contribution < 1.29 is 8.42 Å². The number of hydrogen-bond acceptors (Lipinski definition) is 3. The molecule has 0 amide bonds. The first-order valence-corrected chi connectivity index (χ1v) is 10.1. The Balaban J connectivity index is 0.000000168. The molecule has 0 N–H and O–H groups in total. The number of aromatic nitrogens is 1. The van der Waals surface area contributed by atoms with Gasteiger partial charge in [-0.3, -0.25) is 0 Å². The average Bonchev–Trinajstić information content (AvgIpc) is 2.51. The summed E-state index contributed by atoms with van der Waals surface area (Å²) in [6, 6.07) is 7.86. The largest absolute Gasteiger partial charge is 0.242 e. The van der Waals surface area contributed by atoms with Crippen LogP contribution in [0.5, 0.6) is 0 Å². The van der Waals surface area contributed by atoms with Crippen LogP contribution in [0.4, 0.5) is 0 Å². The lowest BCUT2D eigenvalue weighted by molar-refractivity contribution is 0.270. The second kappa shape index (κ2) is 7.79. The first-order valence-electron chi connectivity index (χ1n) is 7.46. The molecule has 0 aliphatic carbocycles. The highest BCUT2D eigenvalue weighted by Gasteiger charge is 2.25. The molecule has 1 aliphatic rings. The van der Waals surface area contributed by atoms with E-state index < -0.39 is 10.0 Å². The van der Waals surface area contributed by atoms with Crippen LogP contribution in [0.3, 0.4) is 0 Å². The van der Waals surface area contributed by atoms with Gasteiger partial charge in [-0.05, 0) is 19.8 Å². The Labute approximate surface area is 147 Å². The van der Waals surface area contributed by atoms with E-state index in [2.05, 4.69) is 4.98 Å². The van der Waals surface area contributed by atoms with Crippen molar-refractivity contribution in [2.24, 2.45) is 0 Å². The van der Waals surface area contributed by atoms with Crippen molar-refractivity contribution in [3.63, 3.8) is 0 Å². The molecule has 23 heavy (non-hydrogen) atoms. The fraction of sp³-hybridized carbons (Fsp3) is 0.438. The van der Waals surface area contributed by atoms with Crippen molar-refractivity contribution in [2.45, 2.75) is 32.2 Å². The second-order valence-corrected chi connectivity index (χ2v) is 8.36. The molecule has 4 nitrogen and oxygen atoms in total. The zero-order chi connectivity index (χ0) is 17.0. The number of pyridine rings is 1. The lowest BCUT2D eigenvalue weighted by Crippen LogP contribution is -2.41. The van der Waals surface area contributed by atoms with Gasteiger partial charge in [0.15, 0.2) is 0 Å². The predicted octanol–water partition coefficient (Wildman–Crippen LogP) is 4.36. The van der Waals surface area contributed by atoms with Crippen molar-refractivity contribution in [2.75, 3.05) is 12.8 Å². The van der Waals surface area contributed by atoms with E-state index in [0.29, 0.717) is 16.7 Å². The van der Waals surface area contributed by atoms with Crippen LogP contribution >= 0.6 is 23.2 Å². The Morgan fingerprint density at radius 3 is 2.35 bits per heavy atom. The van der Waals surface area contributed by atoms with Crippen LogP contribution in [-0.2, 0) is 10.0 Å². The number of sulfonamides is 1. The van der Waals surface area contributed by atoms with Gasteiger partial charge in [-0.25, -0.2) is 13.4 Å². The molecule has 0 saturated carbocycles. The van der Waals surface area contributed by atoms with Gasteiger partial charge >= 0.3 is 0 Å². The Bertz CT molecular complexity index is 740. The number of piperidine rings is 1. The first-order chi connectivity index (χ1) is 10.8. The third-order valence-corrected chi connectivity index (χ3v) is 5.86.